The number of allylic oxidation sites excluding steroid dienone is 2. The summed E-state index contributed by atoms with van der Waals surface area (Å²) in [4.78, 5) is 19.9. The highest BCUT2D eigenvalue weighted by molar-refractivity contribution is 5.97. The second-order valence-electron chi connectivity index (χ2n) is 10.3. The lowest BCUT2D eigenvalue weighted by Crippen LogP contribution is -2.43. The van der Waals surface area contributed by atoms with Gasteiger partial charge in [0.05, 0.1) is 36.7 Å². The fourth-order valence-corrected chi connectivity index (χ4v) is 5.47. The van der Waals surface area contributed by atoms with Crippen molar-refractivity contribution in [2.45, 2.75) is 33.1 Å². The van der Waals surface area contributed by atoms with Gasteiger partial charge in [0.2, 0.25) is 0 Å². The van der Waals surface area contributed by atoms with Gasteiger partial charge in [0, 0.05) is 54.4 Å². The number of aliphatic hydroxyl groups is 1. The average molecular weight is 530 g/mol. The minimum absolute atomic E-state index is 0.0992. The number of aliphatic hydroxyl groups excluding tert-OH is 1. The number of fused-ring (bicyclic) bond motifs is 1. The normalized spacial score (nSPS) is 18.3. The van der Waals surface area contributed by atoms with Crippen LogP contribution in [-0.2, 0) is 4.74 Å². The highest BCUT2D eigenvalue weighted by Gasteiger charge is 2.37. The Morgan fingerprint density at radius 2 is 2.08 bits per heavy atom. The average Bonchev–Trinajstić information content (AvgIpc) is 3.37. The van der Waals surface area contributed by atoms with Crippen molar-refractivity contribution in [2.24, 2.45) is 5.41 Å². The van der Waals surface area contributed by atoms with E-state index in [0.29, 0.717) is 56.0 Å². The van der Waals surface area contributed by atoms with Crippen LogP contribution in [0.2, 0.25) is 0 Å². The first-order valence-electron chi connectivity index (χ1n) is 13.2. The van der Waals surface area contributed by atoms with Gasteiger partial charge in [0.1, 0.15) is 17.4 Å². The van der Waals surface area contributed by atoms with Gasteiger partial charge < -0.3 is 14.7 Å². The van der Waals surface area contributed by atoms with Crippen LogP contribution in [-0.4, -0.2) is 53.7 Å². The number of nitriles is 1. The van der Waals surface area contributed by atoms with Gasteiger partial charge in [-0.3, -0.25) is 9.80 Å². The van der Waals surface area contributed by atoms with Crippen molar-refractivity contribution >= 4 is 17.2 Å². The number of nitrogens with one attached hydrogen (secondary N) is 1. The second kappa shape index (κ2) is 11.0. The van der Waals surface area contributed by atoms with Gasteiger partial charge >= 0.3 is 0 Å². The van der Waals surface area contributed by atoms with Crippen LogP contribution in [0, 0.1) is 29.5 Å². The monoisotopic (exact) mass is 529 g/mol. The fourth-order valence-electron chi connectivity index (χ4n) is 5.47. The third kappa shape index (κ3) is 5.31. The molecule has 1 aromatic heterocycles. The quantitative estimate of drug-likeness (QED) is 0.490. The van der Waals surface area contributed by atoms with E-state index in [2.05, 4.69) is 16.4 Å². The molecule has 0 amide bonds. The molecule has 4 heterocycles. The Morgan fingerprint density at radius 3 is 2.74 bits per heavy atom. The van der Waals surface area contributed by atoms with Crippen LogP contribution in [0.15, 0.2) is 65.8 Å². The summed E-state index contributed by atoms with van der Waals surface area (Å²) in [6.07, 6.45) is 7.01. The first-order chi connectivity index (χ1) is 18.9. The van der Waals surface area contributed by atoms with E-state index in [1.807, 2.05) is 36.3 Å². The predicted octanol–water partition coefficient (Wildman–Crippen LogP) is 4.25. The number of anilines is 1. The van der Waals surface area contributed by atoms with Crippen LogP contribution in [0.1, 0.15) is 47.7 Å². The molecular weight excluding hydrogens is 497 g/mol. The van der Waals surface area contributed by atoms with Crippen LogP contribution in [0.25, 0.3) is 5.57 Å². The molecule has 2 N–H and O–H groups in total. The molecule has 9 heteroatoms. The number of halogens is 1. The van der Waals surface area contributed by atoms with Gasteiger partial charge in [0.15, 0.2) is 5.78 Å². The van der Waals surface area contributed by atoms with E-state index in [-0.39, 0.29) is 18.8 Å². The number of carbonyl (C=O) groups excluding carboxylic acids is 1. The van der Waals surface area contributed by atoms with Gasteiger partial charge in [-0.15, -0.1) is 0 Å². The van der Waals surface area contributed by atoms with Crippen LogP contribution in [0.5, 0.6) is 0 Å². The first-order valence-corrected chi connectivity index (χ1v) is 13.2. The number of carbonyl (C=O) groups is 1. The summed E-state index contributed by atoms with van der Waals surface area (Å²) in [5.74, 6) is 0.939. The number of hydrogen-bond donors (Lipinski definition) is 2. The van der Waals surface area contributed by atoms with Gasteiger partial charge in [-0.25, -0.2) is 14.8 Å². The third-order valence-electron chi connectivity index (χ3n) is 7.77. The van der Waals surface area contributed by atoms with E-state index in [1.165, 1.54) is 12.1 Å². The number of benzene rings is 1. The smallest absolute Gasteiger partial charge is 0.163 e. The van der Waals surface area contributed by atoms with Crippen molar-refractivity contribution in [1.82, 2.24) is 15.4 Å². The standard InChI is InChI=1S/C30H32FN5O3/c1-3-39-24-13-26(29-22(15-32)17-34-36(29)18-24)21-5-7-28(33-16-21)35-10-8-30(19-37,9-11-35)14-27(38)25-12-23(31)6-4-20(25)2/h4-7,12-13,16,18,34,37H,3,8-11,14,17,19H2,1-2H3. The highest BCUT2D eigenvalue weighted by Crippen LogP contribution is 2.39. The maximum absolute atomic E-state index is 13.8. The molecule has 1 fully saturated rings. The molecule has 39 heavy (non-hydrogen) atoms. The maximum atomic E-state index is 13.8. The SMILES string of the molecule is CCOC1=CN2NCC(C#N)=C2C(c2ccc(N3CCC(CO)(CC(=O)c4cc(F)ccc4C)CC3)nc2)=C1. The van der Waals surface area contributed by atoms with E-state index < -0.39 is 11.2 Å². The van der Waals surface area contributed by atoms with E-state index in [4.69, 9.17) is 9.72 Å². The lowest BCUT2D eigenvalue weighted by Gasteiger charge is -2.41. The van der Waals surface area contributed by atoms with Gasteiger partial charge in [-0.2, -0.15) is 5.26 Å². The summed E-state index contributed by atoms with van der Waals surface area (Å²) in [6, 6.07) is 10.5. The molecule has 0 spiro atoms. The number of hydrogen-bond acceptors (Lipinski definition) is 8. The summed E-state index contributed by atoms with van der Waals surface area (Å²) >= 11 is 0. The second-order valence-corrected chi connectivity index (χ2v) is 10.3. The molecule has 0 atom stereocenters. The van der Waals surface area contributed by atoms with Crippen molar-refractivity contribution in [3.05, 3.63) is 88.3 Å². The summed E-state index contributed by atoms with van der Waals surface area (Å²) in [7, 11) is 0. The molecule has 2 aromatic rings. The van der Waals surface area contributed by atoms with Crippen molar-refractivity contribution in [2.75, 3.05) is 37.7 Å². The Bertz CT molecular complexity index is 1400. The largest absolute Gasteiger partial charge is 0.492 e. The molecule has 3 aliphatic rings. The first kappa shape index (κ1) is 26.6. The zero-order valence-electron chi connectivity index (χ0n) is 22.2. The van der Waals surface area contributed by atoms with Crippen LogP contribution in [0.3, 0.4) is 0 Å². The minimum atomic E-state index is -0.541. The summed E-state index contributed by atoms with van der Waals surface area (Å²) in [5.41, 5.74) is 6.97. The van der Waals surface area contributed by atoms with Crippen molar-refractivity contribution in [1.29, 1.82) is 5.26 Å². The van der Waals surface area contributed by atoms with Crippen molar-refractivity contribution in [3.8, 4) is 6.07 Å². The molecular formula is C30H32FN5O3. The number of ketones is 1. The van der Waals surface area contributed by atoms with E-state index >= 15 is 0 Å². The highest BCUT2D eigenvalue weighted by atomic mass is 19.1. The number of pyridine rings is 1. The lowest BCUT2D eigenvalue weighted by atomic mass is 9.74. The third-order valence-corrected chi connectivity index (χ3v) is 7.77. The minimum Gasteiger partial charge on any atom is -0.492 e. The van der Waals surface area contributed by atoms with Crippen molar-refractivity contribution < 1.29 is 19.0 Å². The van der Waals surface area contributed by atoms with Crippen LogP contribution < -0.4 is 10.3 Å². The Hall–Kier alpha value is -4.00. The Kier molecular flexibility index (Phi) is 7.51. The van der Waals surface area contributed by atoms with Gasteiger partial charge in [-0.1, -0.05) is 6.07 Å². The number of piperidine rings is 1. The molecule has 0 bridgehead atoms. The molecule has 1 saturated heterocycles. The number of rotatable bonds is 8. The molecule has 0 radical (unpaired) electrons. The summed E-state index contributed by atoms with van der Waals surface area (Å²) in [5, 5.41) is 21.7. The molecule has 0 saturated carbocycles. The summed E-state index contributed by atoms with van der Waals surface area (Å²) in [6.45, 7) is 5.89. The fraction of sp³-hybridized carbons (Fsp3) is 0.367. The van der Waals surface area contributed by atoms with Gasteiger partial charge in [-0.05, 0) is 62.6 Å². The topological polar surface area (TPSA) is 102 Å². The molecule has 202 valence electrons. The molecule has 8 nitrogen and oxygen atoms in total. The Morgan fingerprint density at radius 1 is 1.28 bits per heavy atom. The number of Topliss-reactive ketones (excluding diaryl/α,β-unsaturated/α-hetero) is 1. The van der Waals surface area contributed by atoms with Crippen molar-refractivity contribution in [3.63, 3.8) is 0 Å². The lowest BCUT2D eigenvalue weighted by molar-refractivity contribution is 0.0670. The predicted molar refractivity (Wildman–Crippen MR) is 145 cm³/mol. The number of aromatic nitrogens is 1. The van der Waals surface area contributed by atoms with Crippen LogP contribution >= 0.6 is 0 Å². The van der Waals surface area contributed by atoms with E-state index in [0.717, 1.165) is 28.2 Å². The van der Waals surface area contributed by atoms with E-state index in [1.54, 1.807) is 19.2 Å². The molecule has 5 rings (SSSR count). The number of nitrogens with zero attached hydrogens (tertiary/aromatic N) is 4. The Labute approximate surface area is 227 Å². The molecule has 3 aliphatic heterocycles. The van der Waals surface area contributed by atoms with Crippen LogP contribution in [0.4, 0.5) is 10.2 Å². The zero-order chi connectivity index (χ0) is 27.6. The maximum Gasteiger partial charge on any atom is 0.163 e. The number of hydrazine groups is 1. The summed E-state index contributed by atoms with van der Waals surface area (Å²) < 4.78 is 19.5. The van der Waals surface area contributed by atoms with E-state index in [9.17, 15) is 19.6 Å². The number of aryl methyl sites for hydroxylation is 1. The Balaban J connectivity index is 1.30. The molecule has 1 aromatic carbocycles. The zero-order valence-corrected chi connectivity index (χ0v) is 22.2. The van der Waals surface area contributed by atoms with Gasteiger partial charge in [0.25, 0.3) is 0 Å². The number of ether oxygens (including phenoxy) is 1. The molecule has 0 unspecified atom stereocenters. The molecule has 0 aliphatic carbocycles.